The van der Waals surface area contributed by atoms with Gasteiger partial charge in [-0.2, -0.15) is 0 Å². The minimum absolute atomic E-state index is 0.0559. The number of carboxylic acid groups (broad SMARTS) is 1. The smallest absolute Gasteiger partial charge is 0.407 e. The highest BCUT2D eigenvalue weighted by Crippen LogP contribution is 2.23. The highest BCUT2D eigenvalue weighted by atomic mass is 16.4. The first-order valence-corrected chi connectivity index (χ1v) is 11.1. The molecule has 11 nitrogen and oxygen atoms in total. The predicted octanol–water partition coefficient (Wildman–Crippen LogP) is 2.36. The van der Waals surface area contributed by atoms with E-state index in [4.69, 9.17) is 10.8 Å². The fourth-order valence-electron chi connectivity index (χ4n) is 3.13. The van der Waals surface area contributed by atoms with Crippen LogP contribution in [0.5, 0.6) is 0 Å². The van der Waals surface area contributed by atoms with Crippen molar-refractivity contribution < 1.29 is 19.5 Å². The zero-order valence-corrected chi connectivity index (χ0v) is 20.2. The van der Waals surface area contributed by atoms with Crippen molar-refractivity contribution in [1.82, 2.24) is 20.2 Å². The molecule has 0 aliphatic rings. The molecule has 34 heavy (non-hydrogen) atoms. The number of carbonyl (C=O) groups excluding carboxylic acids is 2. The van der Waals surface area contributed by atoms with E-state index >= 15 is 0 Å². The van der Waals surface area contributed by atoms with Gasteiger partial charge in [-0.05, 0) is 51.3 Å². The van der Waals surface area contributed by atoms with Gasteiger partial charge in [0.1, 0.15) is 11.9 Å². The lowest BCUT2D eigenvalue weighted by Gasteiger charge is -2.21. The summed E-state index contributed by atoms with van der Waals surface area (Å²) in [6, 6.07) is 6.76. The van der Waals surface area contributed by atoms with Crippen molar-refractivity contribution in [1.29, 1.82) is 0 Å². The number of anilines is 3. The zero-order valence-electron chi connectivity index (χ0n) is 20.2. The van der Waals surface area contributed by atoms with E-state index in [1.54, 1.807) is 0 Å². The molecule has 0 spiro atoms. The molecule has 0 radical (unpaired) electrons. The second kappa shape index (κ2) is 11.8. The molecule has 2 aromatic rings. The van der Waals surface area contributed by atoms with Gasteiger partial charge in [0.05, 0.1) is 5.69 Å². The fourth-order valence-corrected chi connectivity index (χ4v) is 3.13. The third kappa shape index (κ3) is 7.06. The first-order chi connectivity index (χ1) is 16.0. The molecule has 0 saturated carbocycles. The summed E-state index contributed by atoms with van der Waals surface area (Å²) in [5.41, 5.74) is 7.86. The molecular formula is C23H33N7O4. The number of nitrogens with one attached hydrogen (secondary N) is 3. The lowest BCUT2D eigenvalue weighted by atomic mass is 10.1. The molecule has 3 amide bonds. The summed E-state index contributed by atoms with van der Waals surface area (Å²) in [6.45, 7) is 7.76. The quantitative estimate of drug-likeness (QED) is 0.333. The molecule has 0 saturated heterocycles. The standard InChI is InChI=1S/C23H33N7O4/c1-6-17-20(26-13(2)3)29-21(18(28-17)19(24)31)27-16-9-7-8-15(12-16)10-11-25-22(32)14(4)30(5)23(33)34/h7-9,12-14H,6,10-11H2,1-5H3,(H2,24,31)(H,25,32)(H,33,34)(H2,26,27,29). The highest BCUT2D eigenvalue weighted by molar-refractivity contribution is 5.96. The molecule has 1 unspecified atom stereocenters. The molecule has 1 aromatic carbocycles. The maximum Gasteiger partial charge on any atom is 0.407 e. The summed E-state index contributed by atoms with van der Waals surface area (Å²) in [7, 11) is 1.35. The average Bonchev–Trinajstić information content (AvgIpc) is 2.77. The van der Waals surface area contributed by atoms with Crippen molar-refractivity contribution in [3.05, 3.63) is 41.2 Å². The molecule has 0 fully saturated rings. The Morgan fingerprint density at radius 1 is 1.15 bits per heavy atom. The van der Waals surface area contributed by atoms with Crippen LogP contribution in [0, 0.1) is 0 Å². The highest BCUT2D eigenvalue weighted by Gasteiger charge is 2.21. The SMILES string of the molecule is CCc1nc(C(N)=O)c(Nc2cccc(CCNC(=O)C(C)N(C)C(=O)O)c2)nc1NC(C)C. The van der Waals surface area contributed by atoms with E-state index in [2.05, 4.69) is 25.9 Å². The molecule has 0 aliphatic carbocycles. The third-order valence-corrected chi connectivity index (χ3v) is 5.13. The van der Waals surface area contributed by atoms with E-state index in [-0.39, 0.29) is 23.5 Å². The molecule has 0 aliphatic heterocycles. The van der Waals surface area contributed by atoms with Crippen LogP contribution in [0.4, 0.5) is 22.1 Å². The van der Waals surface area contributed by atoms with Crippen LogP contribution in [0.2, 0.25) is 0 Å². The van der Waals surface area contributed by atoms with Gasteiger partial charge in [-0.1, -0.05) is 19.1 Å². The van der Waals surface area contributed by atoms with E-state index in [0.717, 1.165) is 10.5 Å². The summed E-state index contributed by atoms with van der Waals surface area (Å²) in [5.74, 6) is -0.213. The fraction of sp³-hybridized carbons (Fsp3) is 0.435. The number of nitrogens with zero attached hydrogens (tertiary/aromatic N) is 3. The number of amides is 3. The molecule has 2 rings (SSSR count). The monoisotopic (exact) mass is 471 g/mol. The summed E-state index contributed by atoms with van der Waals surface area (Å²) < 4.78 is 0. The van der Waals surface area contributed by atoms with Crippen LogP contribution in [0.1, 0.15) is 49.4 Å². The number of aryl methyl sites for hydroxylation is 1. The number of nitrogens with two attached hydrogens (primary N) is 1. The predicted molar refractivity (Wildman–Crippen MR) is 130 cm³/mol. The Balaban J connectivity index is 2.15. The Morgan fingerprint density at radius 3 is 2.44 bits per heavy atom. The van der Waals surface area contributed by atoms with Crippen molar-refractivity contribution in [2.75, 3.05) is 24.2 Å². The van der Waals surface area contributed by atoms with Gasteiger partial charge in [0.2, 0.25) is 5.91 Å². The van der Waals surface area contributed by atoms with Gasteiger partial charge in [-0.25, -0.2) is 14.8 Å². The van der Waals surface area contributed by atoms with Gasteiger partial charge < -0.3 is 26.8 Å². The summed E-state index contributed by atoms with van der Waals surface area (Å²) in [5, 5.41) is 18.1. The number of likely N-dealkylation sites (N-methyl/N-ethyl adjacent to an activating group) is 1. The number of hydrogen-bond acceptors (Lipinski definition) is 7. The largest absolute Gasteiger partial charge is 0.465 e. The topological polar surface area (TPSA) is 163 Å². The second-order valence-corrected chi connectivity index (χ2v) is 8.17. The molecule has 1 heterocycles. The van der Waals surface area contributed by atoms with E-state index in [1.165, 1.54) is 14.0 Å². The van der Waals surface area contributed by atoms with Crippen LogP contribution in [0.3, 0.4) is 0 Å². The number of benzene rings is 1. The number of carbonyl (C=O) groups is 3. The molecule has 1 aromatic heterocycles. The molecule has 11 heteroatoms. The first-order valence-electron chi connectivity index (χ1n) is 11.1. The Labute approximate surface area is 199 Å². The normalized spacial score (nSPS) is 11.6. The average molecular weight is 472 g/mol. The Kier molecular flexibility index (Phi) is 9.17. The number of rotatable bonds is 11. The van der Waals surface area contributed by atoms with Crippen LogP contribution in [0.15, 0.2) is 24.3 Å². The molecule has 0 bridgehead atoms. The van der Waals surface area contributed by atoms with Gasteiger partial charge >= 0.3 is 6.09 Å². The van der Waals surface area contributed by atoms with Crippen LogP contribution in [-0.2, 0) is 17.6 Å². The van der Waals surface area contributed by atoms with Gasteiger partial charge in [-0.15, -0.1) is 0 Å². The van der Waals surface area contributed by atoms with Crippen molar-refractivity contribution in [3.8, 4) is 0 Å². The van der Waals surface area contributed by atoms with E-state index < -0.39 is 18.0 Å². The van der Waals surface area contributed by atoms with Gasteiger partial charge in [0.25, 0.3) is 5.91 Å². The van der Waals surface area contributed by atoms with E-state index in [0.29, 0.717) is 36.6 Å². The lowest BCUT2D eigenvalue weighted by Crippen LogP contribution is -2.45. The van der Waals surface area contributed by atoms with Gasteiger partial charge in [0, 0.05) is 25.3 Å². The zero-order chi connectivity index (χ0) is 25.4. The lowest BCUT2D eigenvalue weighted by molar-refractivity contribution is -0.124. The number of primary amides is 1. The van der Waals surface area contributed by atoms with Gasteiger partial charge in [-0.3, -0.25) is 14.5 Å². The van der Waals surface area contributed by atoms with Crippen molar-refractivity contribution in [2.45, 2.75) is 52.6 Å². The van der Waals surface area contributed by atoms with Crippen molar-refractivity contribution >= 4 is 35.2 Å². The Hall–Kier alpha value is -3.89. The summed E-state index contributed by atoms with van der Waals surface area (Å²) in [4.78, 5) is 45.1. The van der Waals surface area contributed by atoms with E-state index in [9.17, 15) is 14.4 Å². The molecular weight excluding hydrogens is 438 g/mol. The minimum atomic E-state index is -1.17. The summed E-state index contributed by atoms with van der Waals surface area (Å²) in [6.07, 6.45) is -0.0581. The van der Waals surface area contributed by atoms with Crippen LogP contribution in [-0.4, -0.2) is 63.6 Å². The number of hydrogen-bond donors (Lipinski definition) is 5. The Bertz CT molecular complexity index is 1040. The Morgan fingerprint density at radius 2 is 1.85 bits per heavy atom. The van der Waals surface area contributed by atoms with Crippen molar-refractivity contribution in [2.24, 2.45) is 5.73 Å². The molecule has 184 valence electrons. The minimum Gasteiger partial charge on any atom is -0.465 e. The van der Waals surface area contributed by atoms with Crippen LogP contribution < -0.4 is 21.7 Å². The summed E-state index contributed by atoms with van der Waals surface area (Å²) >= 11 is 0. The van der Waals surface area contributed by atoms with Crippen LogP contribution in [0.25, 0.3) is 0 Å². The van der Waals surface area contributed by atoms with Gasteiger partial charge in [0.15, 0.2) is 11.5 Å². The maximum absolute atomic E-state index is 12.2. The third-order valence-electron chi connectivity index (χ3n) is 5.13. The van der Waals surface area contributed by atoms with Crippen molar-refractivity contribution in [3.63, 3.8) is 0 Å². The van der Waals surface area contributed by atoms with E-state index in [1.807, 2.05) is 45.0 Å². The second-order valence-electron chi connectivity index (χ2n) is 8.17. The number of aromatic nitrogens is 2. The molecule has 6 N–H and O–H groups in total. The molecule has 1 atom stereocenters. The maximum atomic E-state index is 12.2. The van der Waals surface area contributed by atoms with Crippen LogP contribution >= 0.6 is 0 Å². The first kappa shape index (κ1) is 26.4.